The third-order valence-electron chi connectivity index (χ3n) is 2.23. The van der Waals surface area contributed by atoms with E-state index in [2.05, 4.69) is 4.98 Å². The maximum Gasteiger partial charge on any atom is 0.326 e. The SMILES string of the molecule is FC1(F)CCCN1c1cccc(Cl)n1. The lowest BCUT2D eigenvalue weighted by Crippen LogP contribution is -2.36. The number of aromatic nitrogens is 1. The second-order valence-electron chi connectivity index (χ2n) is 3.24. The Hall–Kier alpha value is -0.900. The number of halogens is 3. The molecule has 0 radical (unpaired) electrons. The molecule has 2 nitrogen and oxygen atoms in total. The summed E-state index contributed by atoms with van der Waals surface area (Å²) in [6.07, 6.45) is 0.377. The molecule has 2 heterocycles. The molecule has 1 aliphatic heterocycles. The smallest absolute Gasteiger partial charge is 0.298 e. The quantitative estimate of drug-likeness (QED) is 0.532. The summed E-state index contributed by atoms with van der Waals surface area (Å²) >= 11 is 5.63. The zero-order valence-corrected chi connectivity index (χ0v) is 8.14. The van der Waals surface area contributed by atoms with Gasteiger partial charge < -0.3 is 0 Å². The molecule has 14 heavy (non-hydrogen) atoms. The van der Waals surface area contributed by atoms with Crippen LogP contribution in [0.2, 0.25) is 5.15 Å². The number of anilines is 1. The van der Waals surface area contributed by atoms with Gasteiger partial charge in [-0.15, -0.1) is 0 Å². The molecule has 0 aromatic carbocycles. The van der Waals surface area contributed by atoms with Crippen LogP contribution in [0.1, 0.15) is 12.8 Å². The predicted octanol–water partition coefficient (Wildman–Crippen LogP) is 2.93. The summed E-state index contributed by atoms with van der Waals surface area (Å²) in [5.41, 5.74) is 0. The van der Waals surface area contributed by atoms with Crippen molar-refractivity contribution >= 4 is 17.4 Å². The predicted molar refractivity (Wildman–Crippen MR) is 50.8 cm³/mol. The van der Waals surface area contributed by atoms with Gasteiger partial charge in [0, 0.05) is 13.0 Å². The number of rotatable bonds is 1. The van der Waals surface area contributed by atoms with E-state index in [1.807, 2.05) is 0 Å². The second kappa shape index (κ2) is 3.35. The Morgan fingerprint density at radius 1 is 1.43 bits per heavy atom. The van der Waals surface area contributed by atoms with Crippen LogP contribution in [-0.4, -0.2) is 17.6 Å². The average molecular weight is 219 g/mol. The molecule has 0 amide bonds. The Bertz CT molecular complexity index is 343. The summed E-state index contributed by atoms with van der Waals surface area (Å²) in [6, 6.07) is 1.96. The first kappa shape index (κ1) is 9.65. The molecule has 1 aromatic heterocycles. The molecule has 1 aliphatic rings. The zero-order chi connectivity index (χ0) is 10.2. The Morgan fingerprint density at radius 3 is 2.79 bits per heavy atom. The van der Waals surface area contributed by atoms with Crippen molar-refractivity contribution in [2.24, 2.45) is 0 Å². The van der Waals surface area contributed by atoms with Gasteiger partial charge in [-0.2, -0.15) is 8.78 Å². The molecule has 0 spiro atoms. The van der Waals surface area contributed by atoms with Gasteiger partial charge in [0.15, 0.2) is 0 Å². The minimum absolute atomic E-state index is 0.110. The molecular weight excluding hydrogens is 210 g/mol. The first-order valence-corrected chi connectivity index (χ1v) is 4.75. The van der Waals surface area contributed by atoms with E-state index in [-0.39, 0.29) is 17.4 Å². The monoisotopic (exact) mass is 218 g/mol. The van der Waals surface area contributed by atoms with Gasteiger partial charge in [0.25, 0.3) is 0 Å². The lowest BCUT2D eigenvalue weighted by atomic mass is 10.3. The number of hydrogen-bond acceptors (Lipinski definition) is 2. The van der Waals surface area contributed by atoms with E-state index in [9.17, 15) is 8.78 Å². The van der Waals surface area contributed by atoms with Crippen LogP contribution in [-0.2, 0) is 0 Å². The highest BCUT2D eigenvalue weighted by Gasteiger charge is 2.42. The second-order valence-corrected chi connectivity index (χ2v) is 3.63. The van der Waals surface area contributed by atoms with Gasteiger partial charge >= 0.3 is 6.05 Å². The minimum Gasteiger partial charge on any atom is -0.298 e. The summed E-state index contributed by atoms with van der Waals surface area (Å²) in [7, 11) is 0. The first-order valence-electron chi connectivity index (χ1n) is 4.38. The molecule has 2 rings (SSSR count). The topological polar surface area (TPSA) is 16.1 Å². The molecular formula is C9H9ClF2N2. The average Bonchev–Trinajstić information content (AvgIpc) is 2.45. The third kappa shape index (κ3) is 1.66. The molecule has 1 saturated heterocycles. The summed E-state index contributed by atoms with van der Waals surface area (Å²) in [6.45, 7) is 0.334. The van der Waals surface area contributed by atoms with Gasteiger partial charge in [-0.25, -0.2) is 4.98 Å². The number of alkyl halides is 2. The molecule has 0 unspecified atom stereocenters. The van der Waals surface area contributed by atoms with Crippen LogP contribution in [0.3, 0.4) is 0 Å². The summed E-state index contributed by atoms with van der Waals surface area (Å²) < 4.78 is 26.5. The minimum atomic E-state index is -2.78. The van der Waals surface area contributed by atoms with Crippen molar-refractivity contribution in [1.82, 2.24) is 4.98 Å². The number of hydrogen-bond donors (Lipinski definition) is 0. The Morgan fingerprint density at radius 2 is 2.21 bits per heavy atom. The summed E-state index contributed by atoms with van der Waals surface area (Å²) in [5, 5.41) is 0.241. The van der Waals surface area contributed by atoms with Crippen molar-refractivity contribution in [1.29, 1.82) is 0 Å². The van der Waals surface area contributed by atoms with E-state index in [1.165, 1.54) is 0 Å². The number of pyridine rings is 1. The molecule has 0 saturated carbocycles. The summed E-state index contributed by atoms with van der Waals surface area (Å²) in [5.74, 6) is 0.250. The van der Waals surface area contributed by atoms with E-state index in [0.29, 0.717) is 13.0 Å². The fraction of sp³-hybridized carbons (Fsp3) is 0.444. The van der Waals surface area contributed by atoms with Crippen molar-refractivity contribution in [2.45, 2.75) is 18.9 Å². The largest absolute Gasteiger partial charge is 0.326 e. The third-order valence-corrected chi connectivity index (χ3v) is 2.44. The van der Waals surface area contributed by atoms with Gasteiger partial charge in [-0.3, -0.25) is 4.90 Å². The molecule has 0 bridgehead atoms. The lowest BCUT2D eigenvalue weighted by molar-refractivity contribution is 0.0124. The van der Waals surface area contributed by atoms with E-state index in [4.69, 9.17) is 11.6 Å². The van der Waals surface area contributed by atoms with Crippen molar-refractivity contribution in [3.8, 4) is 0 Å². The highest BCUT2D eigenvalue weighted by atomic mass is 35.5. The van der Waals surface area contributed by atoms with E-state index in [1.54, 1.807) is 18.2 Å². The van der Waals surface area contributed by atoms with E-state index in [0.717, 1.165) is 4.90 Å². The van der Waals surface area contributed by atoms with Gasteiger partial charge in [0.05, 0.1) is 0 Å². The van der Waals surface area contributed by atoms with Crippen molar-refractivity contribution < 1.29 is 8.78 Å². The van der Waals surface area contributed by atoms with Gasteiger partial charge in [-0.1, -0.05) is 17.7 Å². The van der Waals surface area contributed by atoms with E-state index >= 15 is 0 Å². The maximum absolute atomic E-state index is 13.3. The van der Waals surface area contributed by atoms with Crippen LogP contribution in [0, 0.1) is 0 Å². The van der Waals surface area contributed by atoms with Crippen LogP contribution in [0.15, 0.2) is 18.2 Å². The van der Waals surface area contributed by atoms with Crippen molar-refractivity contribution in [2.75, 3.05) is 11.4 Å². The van der Waals surface area contributed by atoms with E-state index < -0.39 is 6.05 Å². The van der Waals surface area contributed by atoms with Crippen LogP contribution >= 0.6 is 11.6 Å². The van der Waals surface area contributed by atoms with Crippen molar-refractivity contribution in [3.63, 3.8) is 0 Å². The standard InChI is InChI=1S/C9H9ClF2N2/c10-7-3-1-4-8(13-7)14-6-2-5-9(14,11)12/h1,3-4H,2,5-6H2. The molecule has 5 heteroatoms. The number of nitrogens with zero attached hydrogens (tertiary/aromatic N) is 2. The zero-order valence-electron chi connectivity index (χ0n) is 7.38. The van der Waals surface area contributed by atoms with Gasteiger partial charge in [-0.05, 0) is 18.6 Å². The molecule has 76 valence electrons. The van der Waals surface area contributed by atoms with Crippen LogP contribution in [0.25, 0.3) is 0 Å². The Kier molecular flexibility index (Phi) is 2.31. The lowest BCUT2D eigenvalue weighted by Gasteiger charge is -2.24. The molecule has 1 fully saturated rings. The fourth-order valence-electron chi connectivity index (χ4n) is 1.58. The first-order chi connectivity index (χ1) is 6.59. The highest BCUT2D eigenvalue weighted by molar-refractivity contribution is 6.29. The molecule has 0 N–H and O–H groups in total. The normalized spacial score (nSPS) is 20.1. The van der Waals surface area contributed by atoms with Crippen LogP contribution in [0.4, 0.5) is 14.6 Å². The molecule has 0 aliphatic carbocycles. The van der Waals surface area contributed by atoms with Crippen LogP contribution < -0.4 is 4.90 Å². The van der Waals surface area contributed by atoms with Crippen molar-refractivity contribution in [3.05, 3.63) is 23.4 Å². The maximum atomic E-state index is 13.3. The molecule has 0 atom stereocenters. The van der Waals surface area contributed by atoms with Crippen LogP contribution in [0.5, 0.6) is 0 Å². The van der Waals surface area contributed by atoms with Gasteiger partial charge in [0.2, 0.25) is 0 Å². The highest BCUT2D eigenvalue weighted by Crippen LogP contribution is 2.35. The fourth-order valence-corrected chi connectivity index (χ4v) is 1.74. The summed E-state index contributed by atoms with van der Waals surface area (Å²) in [4.78, 5) is 4.86. The van der Waals surface area contributed by atoms with Gasteiger partial charge in [0.1, 0.15) is 11.0 Å². The molecule has 1 aromatic rings. The Balaban J connectivity index is 2.31. The Labute approximate surface area is 85.5 Å².